The Morgan fingerprint density at radius 3 is 1.47 bits per heavy atom. The van der Waals surface area contributed by atoms with Crippen molar-refractivity contribution < 1.29 is 49.1 Å². The maximum Gasteiger partial charge on any atom is 0.336 e. The quantitative estimate of drug-likeness (QED) is 0.0585. The van der Waals surface area contributed by atoms with E-state index in [2.05, 4.69) is 24.6 Å². The number of hydrogen-bond donors (Lipinski definition) is 6. The molecule has 0 heterocycles. The van der Waals surface area contributed by atoms with Gasteiger partial charge in [0.2, 0.25) is 0 Å². The second-order valence-electron chi connectivity index (χ2n) is 13.0. The molecule has 12 heteroatoms. The molecule has 0 atom stereocenters. The van der Waals surface area contributed by atoms with Crippen LogP contribution in [-0.2, 0) is 16.9 Å². The van der Waals surface area contributed by atoms with Crippen LogP contribution in [0.25, 0.3) is 0 Å². The van der Waals surface area contributed by atoms with Crippen LogP contribution in [0.5, 0.6) is 34.5 Å². The van der Waals surface area contributed by atoms with Crippen LogP contribution in [0.15, 0.2) is 133 Å². The molecular weight excluding hydrogens is 704 g/mol. The standard InChI is InChI=1S/C43H36N2O10/c1-43(2,27-3-13-33(14-4-27)54-35-17-7-29(8-18-35)44-40(48)39-24-32(47)12-22-38(39)42(51)52)28-5-15-34(16-6-28)55-36-19-9-30(10-20-36)45-53-25-26-23-31(46)11-21-37(26)41(49)50/h3-24,45-47H,25H2,1-2H3,(H,44,48)(H,49,50)(H,51,52). The lowest BCUT2D eigenvalue weighted by Gasteiger charge is -2.26. The van der Waals surface area contributed by atoms with Crippen LogP contribution in [0.4, 0.5) is 11.4 Å². The van der Waals surface area contributed by atoms with Crippen molar-refractivity contribution in [3.05, 3.63) is 167 Å². The molecule has 0 spiro atoms. The van der Waals surface area contributed by atoms with Crippen molar-refractivity contribution in [3.8, 4) is 34.5 Å². The average Bonchev–Trinajstić information content (AvgIpc) is 3.16. The lowest BCUT2D eigenvalue weighted by atomic mass is 9.78. The Bertz CT molecular complexity index is 2320. The van der Waals surface area contributed by atoms with Crippen molar-refractivity contribution in [2.75, 3.05) is 10.8 Å². The number of amides is 1. The number of phenols is 2. The lowest BCUT2D eigenvalue weighted by molar-refractivity contribution is 0.0682. The molecule has 1 amide bonds. The minimum atomic E-state index is -1.28. The highest BCUT2D eigenvalue weighted by atomic mass is 16.6. The van der Waals surface area contributed by atoms with Crippen LogP contribution >= 0.6 is 0 Å². The number of carbonyl (C=O) groups is 3. The van der Waals surface area contributed by atoms with Crippen LogP contribution in [0.1, 0.15) is 61.6 Å². The molecule has 6 aromatic carbocycles. The number of anilines is 2. The number of carbonyl (C=O) groups excluding carboxylic acids is 1. The van der Waals surface area contributed by atoms with Crippen LogP contribution in [0, 0.1) is 0 Å². The number of carboxylic acid groups (broad SMARTS) is 2. The highest BCUT2D eigenvalue weighted by molar-refractivity contribution is 6.11. The van der Waals surface area contributed by atoms with Gasteiger partial charge in [-0.05, 0) is 126 Å². The van der Waals surface area contributed by atoms with Gasteiger partial charge in [0.05, 0.1) is 22.4 Å². The smallest absolute Gasteiger partial charge is 0.336 e. The fourth-order valence-corrected chi connectivity index (χ4v) is 5.73. The second kappa shape index (κ2) is 16.1. The molecule has 0 unspecified atom stereocenters. The van der Waals surface area contributed by atoms with Crippen LogP contribution in [-0.4, -0.2) is 38.3 Å². The topological polar surface area (TPSA) is 184 Å². The van der Waals surface area contributed by atoms with Gasteiger partial charge in [-0.25, -0.2) is 9.59 Å². The van der Waals surface area contributed by atoms with Gasteiger partial charge in [-0.15, -0.1) is 0 Å². The fraction of sp³-hybridized carbons (Fsp3) is 0.0930. The highest BCUT2D eigenvalue weighted by Crippen LogP contribution is 2.35. The highest BCUT2D eigenvalue weighted by Gasteiger charge is 2.23. The van der Waals surface area contributed by atoms with E-state index >= 15 is 0 Å². The van der Waals surface area contributed by atoms with Gasteiger partial charge in [0.15, 0.2) is 0 Å². The number of phenolic OH excluding ortho intramolecular Hbond substituents is 2. The monoisotopic (exact) mass is 740 g/mol. The number of carboxylic acids is 2. The van der Waals surface area contributed by atoms with E-state index in [9.17, 15) is 34.8 Å². The fourth-order valence-electron chi connectivity index (χ4n) is 5.73. The van der Waals surface area contributed by atoms with Crippen molar-refractivity contribution in [2.24, 2.45) is 0 Å². The predicted octanol–water partition coefficient (Wildman–Crippen LogP) is 9.20. The Kier molecular flexibility index (Phi) is 11.0. The molecule has 0 saturated heterocycles. The summed E-state index contributed by atoms with van der Waals surface area (Å²) in [4.78, 5) is 41.1. The van der Waals surface area contributed by atoms with E-state index in [-0.39, 0.29) is 40.2 Å². The first-order valence-electron chi connectivity index (χ1n) is 16.9. The normalized spacial score (nSPS) is 11.0. The lowest BCUT2D eigenvalue weighted by Crippen LogP contribution is -2.18. The summed E-state index contributed by atoms with van der Waals surface area (Å²) in [6.07, 6.45) is 0. The summed E-state index contributed by atoms with van der Waals surface area (Å²) >= 11 is 0. The number of ether oxygens (including phenoxy) is 2. The number of rotatable bonds is 14. The third kappa shape index (κ3) is 9.20. The minimum Gasteiger partial charge on any atom is -0.508 e. The summed E-state index contributed by atoms with van der Waals surface area (Å²) in [6.45, 7) is 4.18. The van der Waals surface area contributed by atoms with E-state index in [4.69, 9.17) is 14.3 Å². The number of hydrogen-bond acceptors (Lipinski definition) is 9. The average molecular weight is 741 g/mol. The zero-order valence-electron chi connectivity index (χ0n) is 29.6. The number of aromatic hydroxyl groups is 2. The number of aromatic carboxylic acids is 2. The first kappa shape index (κ1) is 37.4. The van der Waals surface area contributed by atoms with Gasteiger partial charge >= 0.3 is 11.9 Å². The third-order valence-electron chi connectivity index (χ3n) is 8.81. The predicted molar refractivity (Wildman–Crippen MR) is 205 cm³/mol. The molecule has 12 nitrogen and oxygen atoms in total. The molecule has 0 bridgehead atoms. The second-order valence-corrected chi connectivity index (χ2v) is 13.0. The van der Waals surface area contributed by atoms with Crippen molar-refractivity contribution >= 4 is 29.2 Å². The van der Waals surface area contributed by atoms with Crippen LogP contribution < -0.4 is 20.3 Å². The molecule has 0 saturated carbocycles. The number of nitrogens with one attached hydrogen (secondary N) is 2. The van der Waals surface area contributed by atoms with Gasteiger partial charge in [0.1, 0.15) is 41.1 Å². The van der Waals surface area contributed by atoms with E-state index in [1.54, 1.807) is 48.5 Å². The zero-order valence-corrected chi connectivity index (χ0v) is 29.6. The molecule has 0 aromatic heterocycles. The van der Waals surface area contributed by atoms with Gasteiger partial charge < -0.3 is 35.2 Å². The molecule has 0 radical (unpaired) electrons. The Hall–Kier alpha value is -7.31. The van der Waals surface area contributed by atoms with Crippen molar-refractivity contribution in [2.45, 2.75) is 25.9 Å². The van der Waals surface area contributed by atoms with Gasteiger partial charge in [0.25, 0.3) is 5.91 Å². The van der Waals surface area contributed by atoms with Gasteiger partial charge in [-0.1, -0.05) is 38.1 Å². The molecule has 6 aromatic rings. The molecular formula is C43H36N2O10. The summed E-state index contributed by atoms with van der Waals surface area (Å²) in [7, 11) is 0. The maximum absolute atomic E-state index is 12.7. The largest absolute Gasteiger partial charge is 0.508 e. The number of benzene rings is 6. The first-order chi connectivity index (χ1) is 26.3. The molecule has 0 aliphatic rings. The SMILES string of the molecule is CC(C)(c1ccc(Oc2ccc(NOCc3cc(O)ccc3C(=O)O)cc2)cc1)c1ccc(Oc2ccc(NC(=O)c3cc(O)ccc3C(=O)O)cc2)cc1. The molecule has 6 rings (SSSR count). The third-order valence-corrected chi connectivity index (χ3v) is 8.81. The van der Waals surface area contributed by atoms with Crippen molar-refractivity contribution in [3.63, 3.8) is 0 Å². The molecule has 0 fully saturated rings. The first-order valence-corrected chi connectivity index (χ1v) is 16.9. The Balaban J connectivity index is 1.01. The Morgan fingerprint density at radius 1 is 0.545 bits per heavy atom. The minimum absolute atomic E-state index is 0.0438. The Labute approximate surface area is 315 Å². The zero-order chi connectivity index (χ0) is 39.1. The maximum atomic E-state index is 12.7. The molecule has 0 aliphatic heterocycles. The molecule has 0 aliphatic carbocycles. The summed E-state index contributed by atoms with van der Waals surface area (Å²) in [5, 5.41) is 40.8. The summed E-state index contributed by atoms with van der Waals surface area (Å²) in [5.41, 5.74) is 5.60. The van der Waals surface area contributed by atoms with Gasteiger partial charge in [-0.2, -0.15) is 0 Å². The molecule has 278 valence electrons. The van der Waals surface area contributed by atoms with Crippen molar-refractivity contribution in [1.82, 2.24) is 0 Å². The van der Waals surface area contributed by atoms with E-state index in [0.29, 0.717) is 39.9 Å². The van der Waals surface area contributed by atoms with Crippen molar-refractivity contribution in [1.29, 1.82) is 0 Å². The summed E-state index contributed by atoms with van der Waals surface area (Å²) in [6, 6.07) is 36.7. The van der Waals surface area contributed by atoms with E-state index in [1.807, 2.05) is 48.5 Å². The van der Waals surface area contributed by atoms with E-state index < -0.39 is 17.8 Å². The Morgan fingerprint density at radius 2 is 0.982 bits per heavy atom. The van der Waals surface area contributed by atoms with Gasteiger partial charge in [0, 0.05) is 11.1 Å². The van der Waals surface area contributed by atoms with Crippen LogP contribution in [0.3, 0.4) is 0 Å². The molecule has 55 heavy (non-hydrogen) atoms. The van der Waals surface area contributed by atoms with E-state index in [0.717, 1.165) is 17.2 Å². The summed E-state index contributed by atoms with van der Waals surface area (Å²) in [5.74, 6) is -0.921. The molecule has 6 N–H and O–H groups in total. The van der Waals surface area contributed by atoms with E-state index in [1.165, 1.54) is 30.3 Å². The summed E-state index contributed by atoms with van der Waals surface area (Å²) < 4.78 is 12.1. The van der Waals surface area contributed by atoms with Gasteiger partial charge in [-0.3, -0.25) is 15.1 Å². The van der Waals surface area contributed by atoms with Crippen LogP contribution in [0.2, 0.25) is 0 Å².